The van der Waals surface area contributed by atoms with Crippen molar-refractivity contribution in [3.05, 3.63) is 35.4 Å². The summed E-state index contributed by atoms with van der Waals surface area (Å²) in [5.41, 5.74) is 1.26. The molecule has 2 rings (SSSR count). The summed E-state index contributed by atoms with van der Waals surface area (Å²) in [7, 11) is 0. The lowest BCUT2D eigenvalue weighted by Crippen LogP contribution is -2.25. The molecule has 0 heterocycles. The Morgan fingerprint density at radius 2 is 1.89 bits per heavy atom. The number of aromatic carboxylic acids is 1. The first kappa shape index (κ1) is 12.6. The first-order chi connectivity index (χ1) is 8.65. The molecule has 2 N–H and O–H groups in total. The molecule has 96 valence electrons. The molecule has 0 aromatic heterocycles. The van der Waals surface area contributed by atoms with Gasteiger partial charge in [-0.15, -0.1) is 0 Å². The van der Waals surface area contributed by atoms with E-state index in [0.29, 0.717) is 18.8 Å². The summed E-state index contributed by atoms with van der Waals surface area (Å²) in [6.07, 6.45) is 3.57. The minimum Gasteiger partial charge on any atom is -0.478 e. The van der Waals surface area contributed by atoms with Crippen LogP contribution in [0.15, 0.2) is 24.3 Å². The molecule has 1 fully saturated rings. The lowest BCUT2D eigenvalue weighted by Gasteiger charge is -2.04. The molecule has 0 unspecified atom stereocenters. The van der Waals surface area contributed by atoms with E-state index in [4.69, 9.17) is 5.11 Å². The highest BCUT2D eigenvalue weighted by atomic mass is 16.4. The predicted octanol–water partition coefficient (Wildman–Crippen LogP) is 1.84. The summed E-state index contributed by atoms with van der Waals surface area (Å²) in [5, 5.41) is 11.7. The molecule has 4 nitrogen and oxygen atoms in total. The number of amides is 1. The van der Waals surface area contributed by atoms with Gasteiger partial charge in [-0.1, -0.05) is 12.1 Å². The zero-order valence-electron chi connectivity index (χ0n) is 10.2. The van der Waals surface area contributed by atoms with Gasteiger partial charge >= 0.3 is 5.97 Å². The van der Waals surface area contributed by atoms with Gasteiger partial charge in [0.2, 0.25) is 5.91 Å². The number of carboxylic acids is 1. The van der Waals surface area contributed by atoms with E-state index in [1.807, 2.05) is 0 Å². The van der Waals surface area contributed by atoms with Gasteiger partial charge in [0.05, 0.1) is 5.56 Å². The number of aryl methyl sites for hydroxylation is 1. The molecule has 0 atom stereocenters. The summed E-state index contributed by atoms with van der Waals surface area (Å²) in [6.45, 7) is 0.802. The number of hydrogen-bond donors (Lipinski definition) is 2. The molecule has 1 amide bonds. The second-order valence-corrected chi connectivity index (χ2v) is 4.75. The van der Waals surface area contributed by atoms with Gasteiger partial charge in [-0.05, 0) is 42.9 Å². The van der Waals surface area contributed by atoms with Crippen molar-refractivity contribution < 1.29 is 14.7 Å². The van der Waals surface area contributed by atoms with Gasteiger partial charge in [-0.25, -0.2) is 4.79 Å². The molecule has 1 aliphatic carbocycles. The molecule has 0 spiro atoms. The van der Waals surface area contributed by atoms with Gasteiger partial charge in [-0.3, -0.25) is 4.79 Å². The van der Waals surface area contributed by atoms with Gasteiger partial charge in [0.25, 0.3) is 0 Å². The van der Waals surface area contributed by atoms with E-state index in [1.54, 1.807) is 24.3 Å². The van der Waals surface area contributed by atoms with Crippen LogP contribution in [0.1, 0.15) is 35.2 Å². The van der Waals surface area contributed by atoms with Crippen molar-refractivity contribution in [3.63, 3.8) is 0 Å². The molecule has 0 bridgehead atoms. The zero-order chi connectivity index (χ0) is 13.0. The monoisotopic (exact) mass is 247 g/mol. The molecule has 0 aliphatic heterocycles. The molecule has 0 radical (unpaired) electrons. The highest BCUT2D eigenvalue weighted by Crippen LogP contribution is 2.27. The number of hydrogen-bond acceptors (Lipinski definition) is 2. The first-order valence-electron chi connectivity index (χ1n) is 6.24. The Bertz CT molecular complexity index is 435. The van der Waals surface area contributed by atoms with Crippen molar-refractivity contribution in [1.29, 1.82) is 0 Å². The Morgan fingerprint density at radius 1 is 1.22 bits per heavy atom. The second kappa shape index (κ2) is 5.67. The fourth-order valence-electron chi connectivity index (χ4n) is 1.74. The maximum atomic E-state index is 11.5. The number of carbonyl (C=O) groups is 2. The Hall–Kier alpha value is -1.84. The molecule has 18 heavy (non-hydrogen) atoms. The summed E-state index contributed by atoms with van der Waals surface area (Å²) in [4.78, 5) is 22.2. The van der Waals surface area contributed by atoms with Crippen molar-refractivity contribution in [2.75, 3.05) is 6.54 Å². The lowest BCUT2D eigenvalue weighted by molar-refractivity contribution is -0.121. The summed E-state index contributed by atoms with van der Waals surface area (Å²) < 4.78 is 0. The van der Waals surface area contributed by atoms with Gasteiger partial charge in [0.1, 0.15) is 0 Å². The van der Waals surface area contributed by atoms with E-state index in [1.165, 1.54) is 12.8 Å². The zero-order valence-corrected chi connectivity index (χ0v) is 10.2. The van der Waals surface area contributed by atoms with Crippen LogP contribution in [0.4, 0.5) is 0 Å². The highest BCUT2D eigenvalue weighted by molar-refractivity contribution is 5.87. The molecular formula is C14H17NO3. The van der Waals surface area contributed by atoms with Crippen LogP contribution < -0.4 is 5.32 Å². The van der Waals surface area contributed by atoms with Gasteiger partial charge < -0.3 is 10.4 Å². The summed E-state index contributed by atoms with van der Waals surface area (Å²) in [5.74, 6) is -0.156. The van der Waals surface area contributed by atoms with Crippen LogP contribution in [0.3, 0.4) is 0 Å². The molecule has 4 heteroatoms. The second-order valence-electron chi connectivity index (χ2n) is 4.75. The maximum absolute atomic E-state index is 11.5. The fraction of sp³-hybridized carbons (Fsp3) is 0.429. The third-order valence-corrected chi connectivity index (χ3v) is 3.13. The van der Waals surface area contributed by atoms with Crippen molar-refractivity contribution in [2.24, 2.45) is 5.92 Å². The smallest absolute Gasteiger partial charge is 0.335 e. The van der Waals surface area contributed by atoms with Crippen molar-refractivity contribution in [2.45, 2.75) is 25.7 Å². The average Bonchev–Trinajstić information content (AvgIpc) is 3.18. The van der Waals surface area contributed by atoms with E-state index < -0.39 is 5.97 Å². The van der Waals surface area contributed by atoms with Crippen LogP contribution in [0, 0.1) is 5.92 Å². The largest absolute Gasteiger partial charge is 0.478 e. The van der Waals surface area contributed by atoms with Crippen LogP contribution in [-0.4, -0.2) is 23.5 Å². The van der Waals surface area contributed by atoms with Gasteiger partial charge in [0, 0.05) is 13.0 Å². The normalized spacial score (nSPS) is 14.2. The van der Waals surface area contributed by atoms with Crippen LogP contribution in [0.2, 0.25) is 0 Å². The highest BCUT2D eigenvalue weighted by Gasteiger charge is 2.21. The van der Waals surface area contributed by atoms with Crippen LogP contribution in [0.5, 0.6) is 0 Å². The SMILES string of the molecule is O=C(CCc1ccc(C(=O)O)cc1)NCC1CC1. The maximum Gasteiger partial charge on any atom is 0.335 e. The number of carboxylic acid groups (broad SMARTS) is 1. The molecule has 1 saturated carbocycles. The summed E-state index contributed by atoms with van der Waals surface area (Å²) in [6, 6.07) is 6.66. The van der Waals surface area contributed by atoms with Crippen LogP contribution in [0.25, 0.3) is 0 Å². The number of benzene rings is 1. The molecule has 1 aliphatic rings. The Balaban J connectivity index is 1.74. The minimum absolute atomic E-state index is 0.0733. The van der Waals surface area contributed by atoms with Gasteiger partial charge in [0.15, 0.2) is 0 Å². The van der Waals surface area contributed by atoms with E-state index >= 15 is 0 Å². The quantitative estimate of drug-likeness (QED) is 0.806. The predicted molar refractivity (Wildman–Crippen MR) is 67.5 cm³/mol. The van der Waals surface area contributed by atoms with Gasteiger partial charge in [-0.2, -0.15) is 0 Å². The minimum atomic E-state index is -0.927. The number of carbonyl (C=O) groups excluding carboxylic acids is 1. The van der Waals surface area contributed by atoms with E-state index in [2.05, 4.69) is 5.32 Å². The standard InChI is InChI=1S/C14H17NO3/c16-13(15-9-11-1-2-11)8-5-10-3-6-12(7-4-10)14(17)18/h3-4,6-7,11H,1-2,5,8-9H2,(H,15,16)(H,17,18). The van der Waals surface area contributed by atoms with Crippen molar-refractivity contribution in [3.8, 4) is 0 Å². The number of rotatable bonds is 6. The van der Waals surface area contributed by atoms with Crippen molar-refractivity contribution in [1.82, 2.24) is 5.32 Å². The third kappa shape index (κ3) is 3.87. The average molecular weight is 247 g/mol. The Kier molecular flexibility index (Phi) is 3.97. The molecule has 1 aromatic carbocycles. The Labute approximate surface area is 106 Å². The van der Waals surface area contributed by atoms with Crippen LogP contribution >= 0.6 is 0 Å². The molecular weight excluding hydrogens is 230 g/mol. The van der Waals surface area contributed by atoms with E-state index in [-0.39, 0.29) is 11.5 Å². The number of nitrogens with one attached hydrogen (secondary N) is 1. The van der Waals surface area contributed by atoms with E-state index in [9.17, 15) is 9.59 Å². The van der Waals surface area contributed by atoms with E-state index in [0.717, 1.165) is 12.1 Å². The molecule has 1 aromatic rings. The first-order valence-corrected chi connectivity index (χ1v) is 6.24. The fourth-order valence-corrected chi connectivity index (χ4v) is 1.74. The third-order valence-electron chi connectivity index (χ3n) is 3.13. The Morgan fingerprint density at radius 3 is 2.44 bits per heavy atom. The topological polar surface area (TPSA) is 66.4 Å². The van der Waals surface area contributed by atoms with Crippen molar-refractivity contribution >= 4 is 11.9 Å². The molecule has 0 saturated heterocycles. The van der Waals surface area contributed by atoms with Crippen LogP contribution in [-0.2, 0) is 11.2 Å². The lowest BCUT2D eigenvalue weighted by atomic mass is 10.1. The summed E-state index contributed by atoms with van der Waals surface area (Å²) >= 11 is 0.